The summed E-state index contributed by atoms with van der Waals surface area (Å²) in [5.41, 5.74) is 9.09. The van der Waals surface area contributed by atoms with Crippen LogP contribution in [0.3, 0.4) is 0 Å². The molecule has 144 valence electrons. The molecule has 1 aliphatic heterocycles. The first-order valence-corrected chi connectivity index (χ1v) is 8.50. The van der Waals surface area contributed by atoms with Crippen molar-refractivity contribution in [2.45, 2.75) is 12.8 Å². The number of nitrogens with one attached hydrogen (secondary N) is 1. The molecule has 2 heterocycles. The van der Waals surface area contributed by atoms with Crippen molar-refractivity contribution < 1.29 is 18.9 Å². The first kappa shape index (κ1) is 18.5. The van der Waals surface area contributed by atoms with Gasteiger partial charge in [0.1, 0.15) is 0 Å². The van der Waals surface area contributed by atoms with E-state index >= 15 is 0 Å². The van der Waals surface area contributed by atoms with Crippen LogP contribution >= 0.6 is 0 Å². The average Bonchev–Trinajstić information content (AvgIpc) is 3.13. The first-order chi connectivity index (χ1) is 13.1. The zero-order valence-electron chi connectivity index (χ0n) is 15.2. The van der Waals surface area contributed by atoms with E-state index in [4.69, 9.17) is 15.2 Å². The lowest BCUT2D eigenvalue weighted by Crippen LogP contribution is -2.39. The third kappa shape index (κ3) is 4.27. The minimum absolute atomic E-state index is 0.113. The highest BCUT2D eigenvalue weighted by Gasteiger charge is 2.27. The summed E-state index contributed by atoms with van der Waals surface area (Å²) in [7, 11) is 3.14. The fourth-order valence-electron chi connectivity index (χ4n) is 2.96. The number of aromatic nitrogens is 2. The Morgan fingerprint density at radius 2 is 2.04 bits per heavy atom. The SMILES string of the molecule is COc1ccc(/C=N/NC(=O)C2CCN(c3nonc3N)CC2)cc1OC. The van der Waals surface area contributed by atoms with Crippen molar-refractivity contribution >= 4 is 23.8 Å². The number of piperidine rings is 1. The van der Waals surface area contributed by atoms with E-state index in [2.05, 4.69) is 25.5 Å². The number of hydrazone groups is 1. The van der Waals surface area contributed by atoms with Gasteiger partial charge in [-0.1, -0.05) is 0 Å². The summed E-state index contributed by atoms with van der Waals surface area (Å²) in [6.45, 7) is 1.30. The van der Waals surface area contributed by atoms with Crippen LogP contribution in [0.4, 0.5) is 11.6 Å². The van der Waals surface area contributed by atoms with Crippen LogP contribution in [-0.2, 0) is 4.79 Å². The fraction of sp³-hybridized carbons (Fsp3) is 0.412. The number of carbonyl (C=O) groups is 1. The highest BCUT2D eigenvalue weighted by molar-refractivity contribution is 5.84. The number of hydrogen-bond donors (Lipinski definition) is 2. The van der Waals surface area contributed by atoms with Gasteiger partial charge in [0.05, 0.1) is 20.4 Å². The second kappa shape index (κ2) is 8.39. The van der Waals surface area contributed by atoms with E-state index in [1.54, 1.807) is 32.6 Å². The molecule has 0 spiro atoms. The third-order valence-electron chi connectivity index (χ3n) is 4.46. The molecular weight excluding hydrogens is 352 g/mol. The van der Waals surface area contributed by atoms with E-state index in [1.807, 2.05) is 11.0 Å². The lowest BCUT2D eigenvalue weighted by atomic mass is 9.96. The van der Waals surface area contributed by atoms with Gasteiger partial charge in [0.15, 0.2) is 11.5 Å². The Hall–Kier alpha value is -3.30. The van der Waals surface area contributed by atoms with Gasteiger partial charge >= 0.3 is 0 Å². The second-order valence-corrected chi connectivity index (χ2v) is 6.08. The van der Waals surface area contributed by atoms with Crippen LogP contribution < -0.4 is 25.5 Å². The molecule has 0 atom stereocenters. The maximum Gasteiger partial charge on any atom is 0.243 e. The lowest BCUT2D eigenvalue weighted by Gasteiger charge is -2.30. The number of amides is 1. The maximum absolute atomic E-state index is 12.3. The summed E-state index contributed by atoms with van der Waals surface area (Å²) in [4.78, 5) is 14.3. The molecule has 0 radical (unpaired) electrons. The molecule has 0 aliphatic carbocycles. The molecule has 1 fully saturated rings. The van der Waals surface area contributed by atoms with E-state index in [0.717, 1.165) is 5.56 Å². The molecule has 1 saturated heterocycles. The fourth-order valence-corrected chi connectivity index (χ4v) is 2.96. The Morgan fingerprint density at radius 3 is 2.67 bits per heavy atom. The number of rotatable bonds is 6. The van der Waals surface area contributed by atoms with Crippen LogP contribution in [-0.4, -0.2) is 49.7 Å². The lowest BCUT2D eigenvalue weighted by molar-refractivity contribution is -0.125. The normalized spacial score (nSPS) is 15.1. The van der Waals surface area contributed by atoms with Crippen LogP contribution in [0.1, 0.15) is 18.4 Å². The zero-order chi connectivity index (χ0) is 19.2. The number of anilines is 2. The predicted octanol–water partition coefficient (Wildman–Crippen LogP) is 1.04. The summed E-state index contributed by atoms with van der Waals surface area (Å²) < 4.78 is 15.1. The van der Waals surface area contributed by atoms with Crippen molar-refractivity contribution in [1.82, 2.24) is 15.7 Å². The summed E-state index contributed by atoms with van der Waals surface area (Å²) in [5, 5.41) is 11.4. The molecule has 10 nitrogen and oxygen atoms in total. The van der Waals surface area contributed by atoms with E-state index < -0.39 is 0 Å². The average molecular weight is 374 g/mol. The van der Waals surface area contributed by atoms with Gasteiger partial charge in [-0.05, 0) is 46.9 Å². The second-order valence-electron chi connectivity index (χ2n) is 6.08. The number of ether oxygens (including phenoxy) is 2. The van der Waals surface area contributed by atoms with Gasteiger partial charge in [-0.25, -0.2) is 10.1 Å². The van der Waals surface area contributed by atoms with Gasteiger partial charge in [-0.15, -0.1) is 0 Å². The topological polar surface area (TPSA) is 128 Å². The minimum atomic E-state index is -0.120. The number of nitrogen functional groups attached to an aromatic ring is 1. The van der Waals surface area contributed by atoms with Gasteiger partial charge in [0.25, 0.3) is 0 Å². The maximum atomic E-state index is 12.3. The molecule has 3 N–H and O–H groups in total. The van der Waals surface area contributed by atoms with Gasteiger partial charge in [-0.2, -0.15) is 5.10 Å². The summed E-state index contributed by atoms with van der Waals surface area (Å²) in [5.74, 6) is 1.79. The van der Waals surface area contributed by atoms with E-state index in [9.17, 15) is 4.79 Å². The molecule has 1 amide bonds. The van der Waals surface area contributed by atoms with Crippen molar-refractivity contribution in [3.63, 3.8) is 0 Å². The first-order valence-electron chi connectivity index (χ1n) is 8.50. The standard InChI is InChI=1S/C17H22N6O4/c1-25-13-4-3-11(9-14(13)26-2)10-19-20-17(24)12-5-7-23(8-6-12)16-15(18)21-27-22-16/h3-4,9-10,12H,5-8H2,1-2H3,(H2,18,21)(H,20,24)/b19-10+. The smallest absolute Gasteiger partial charge is 0.243 e. The summed E-state index contributed by atoms with van der Waals surface area (Å²) in [6.07, 6.45) is 2.91. The molecular formula is C17H22N6O4. The number of benzene rings is 1. The summed E-state index contributed by atoms with van der Waals surface area (Å²) in [6, 6.07) is 5.39. The van der Waals surface area contributed by atoms with E-state index in [-0.39, 0.29) is 17.6 Å². The number of methoxy groups -OCH3 is 2. The van der Waals surface area contributed by atoms with Crippen molar-refractivity contribution in [3.05, 3.63) is 23.8 Å². The highest BCUT2D eigenvalue weighted by Crippen LogP contribution is 2.27. The minimum Gasteiger partial charge on any atom is -0.493 e. The Balaban J connectivity index is 1.51. The molecule has 3 rings (SSSR count). The summed E-state index contributed by atoms with van der Waals surface area (Å²) >= 11 is 0. The van der Waals surface area contributed by atoms with Crippen molar-refractivity contribution in [2.24, 2.45) is 11.0 Å². The quantitative estimate of drug-likeness (QED) is 0.567. The van der Waals surface area contributed by atoms with Crippen molar-refractivity contribution in [3.8, 4) is 11.5 Å². The van der Waals surface area contributed by atoms with Crippen LogP contribution in [0.5, 0.6) is 11.5 Å². The van der Waals surface area contributed by atoms with Gasteiger partial charge in [-0.3, -0.25) is 4.79 Å². The number of hydrogen-bond acceptors (Lipinski definition) is 9. The van der Waals surface area contributed by atoms with Crippen molar-refractivity contribution in [2.75, 3.05) is 37.9 Å². The number of nitrogens with two attached hydrogens (primary N) is 1. The van der Waals surface area contributed by atoms with Crippen molar-refractivity contribution in [1.29, 1.82) is 0 Å². The molecule has 0 unspecified atom stereocenters. The van der Waals surface area contributed by atoms with Gasteiger partial charge in [0, 0.05) is 19.0 Å². The number of carbonyl (C=O) groups excluding carboxylic acids is 1. The molecule has 0 bridgehead atoms. The largest absolute Gasteiger partial charge is 0.493 e. The van der Waals surface area contributed by atoms with Crippen LogP contribution in [0, 0.1) is 5.92 Å². The Bertz CT molecular complexity index is 814. The van der Waals surface area contributed by atoms with E-state index in [1.165, 1.54) is 0 Å². The zero-order valence-corrected chi connectivity index (χ0v) is 15.2. The molecule has 2 aromatic rings. The predicted molar refractivity (Wildman–Crippen MR) is 98.9 cm³/mol. The van der Waals surface area contributed by atoms with Crippen LogP contribution in [0.15, 0.2) is 27.9 Å². The molecule has 1 aromatic heterocycles. The van der Waals surface area contributed by atoms with Crippen LogP contribution in [0.2, 0.25) is 0 Å². The van der Waals surface area contributed by atoms with Crippen LogP contribution in [0.25, 0.3) is 0 Å². The number of nitrogens with zero attached hydrogens (tertiary/aromatic N) is 4. The Kier molecular flexibility index (Phi) is 5.74. The molecule has 1 aromatic carbocycles. The molecule has 1 aliphatic rings. The Morgan fingerprint density at radius 1 is 1.30 bits per heavy atom. The van der Waals surface area contributed by atoms with Gasteiger partial charge < -0.3 is 20.1 Å². The highest BCUT2D eigenvalue weighted by atomic mass is 16.6. The third-order valence-corrected chi connectivity index (χ3v) is 4.46. The van der Waals surface area contributed by atoms with Gasteiger partial charge in [0.2, 0.25) is 17.5 Å². The molecule has 27 heavy (non-hydrogen) atoms. The Labute approximate surface area is 156 Å². The van der Waals surface area contributed by atoms with E-state index in [0.29, 0.717) is 43.2 Å². The monoisotopic (exact) mass is 374 g/mol. The molecule has 10 heteroatoms. The molecule has 0 saturated carbocycles.